The highest BCUT2D eigenvalue weighted by atomic mass is 79.9. The van der Waals surface area contributed by atoms with E-state index < -0.39 is 0 Å². The molecule has 1 fully saturated rings. The van der Waals surface area contributed by atoms with Crippen LogP contribution in [0, 0.1) is 5.92 Å². The summed E-state index contributed by atoms with van der Waals surface area (Å²) in [4.78, 5) is 0. The van der Waals surface area contributed by atoms with E-state index in [1.165, 1.54) is 6.42 Å². The summed E-state index contributed by atoms with van der Waals surface area (Å²) in [6.07, 6.45) is 4.93. The van der Waals surface area contributed by atoms with Crippen molar-refractivity contribution >= 4 is 15.9 Å². The quantitative estimate of drug-likeness (QED) is 0.919. The van der Waals surface area contributed by atoms with E-state index in [1.54, 1.807) is 6.20 Å². The van der Waals surface area contributed by atoms with E-state index in [1.807, 2.05) is 4.68 Å². The molecule has 1 atom stereocenters. The van der Waals surface area contributed by atoms with Gasteiger partial charge in [0.25, 0.3) is 0 Å². The third-order valence-electron chi connectivity index (χ3n) is 3.15. The van der Waals surface area contributed by atoms with Gasteiger partial charge in [-0.1, -0.05) is 6.42 Å². The maximum Gasteiger partial charge on any atom is 0.0996 e. The summed E-state index contributed by atoms with van der Waals surface area (Å²) in [5.74, 6) is 0.426. The van der Waals surface area contributed by atoms with Gasteiger partial charge >= 0.3 is 0 Å². The molecule has 15 heavy (non-hydrogen) atoms. The van der Waals surface area contributed by atoms with Gasteiger partial charge in [0.1, 0.15) is 0 Å². The lowest BCUT2D eigenvalue weighted by Crippen LogP contribution is -2.23. The Morgan fingerprint density at radius 2 is 2.20 bits per heavy atom. The minimum absolute atomic E-state index is 0.293. The van der Waals surface area contributed by atoms with Crippen LogP contribution in [0.1, 0.15) is 50.9 Å². The number of aliphatic hydroxyl groups excluding tert-OH is 1. The lowest BCUT2D eigenvalue weighted by atomic mass is 9.80. The molecule has 0 bridgehead atoms. The van der Waals surface area contributed by atoms with Crippen molar-refractivity contribution < 1.29 is 5.11 Å². The Morgan fingerprint density at radius 1 is 1.53 bits per heavy atom. The van der Waals surface area contributed by atoms with Crippen molar-refractivity contribution in [2.75, 3.05) is 0 Å². The number of aromatic nitrogens is 2. The van der Waals surface area contributed by atoms with Crippen LogP contribution in [0.5, 0.6) is 0 Å². The van der Waals surface area contributed by atoms with Crippen LogP contribution in [0.2, 0.25) is 0 Å². The molecule has 1 aromatic heterocycles. The second kappa shape index (κ2) is 4.26. The SMILES string of the molecule is CC(C)n1ncc(Br)c1C(O)C1CCC1. The summed E-state index contributed by atoms with van der Waals surface area (Å²) < 4.78 is 2.84. The number of rotatable bonds is 3. The van der Waals surface area contributed by atoms with Crippen LogP contribution in [-0.2, 0) is 0 Å². The van der Waals surface area contributed by atoms with Crippen molar-refractivity contribution in [2.45, 2.75) is 45.3 Å². The highest BCUT2D eigenvalue weighted by Crippen LogP contribution is 2.40. The van der Waals surface area contributed by atoms with Crippen LogP contribution in [-0.4, -0.2) is 14.9 Å². The first-order chi connectivity index (χ1) is 7.11. The zero-order valence-electron chi connectivity index (χ0n) is 9.15. The topological polar surface area (TPSA) is 38.0 Å². The third kappa shape index (κ3) is 1.97. The predicted molar refractivity (Wildman–Crippen MR) is 62.6 cm³/mol. The molecular weight excluding hydrogens is 256 g/mol. The molecule has 0 spiro atoms. The van der Waals surface area contributed by atoms with E-state index in [9.17, 15) is 5.11 Å². The number of nitrogens with zero attached hydrogens (tertiary/aromatic N) is 2. The lowest BCUT2D eigenvalue weighted by molar-refractivity contribution is 0.0532. The van der Waals surface area contributed by atoms with Gasteiger partial charge in [-0.15, -0.1) is 0 Å². The van der Waals surface area contributed by atoms with Gasteiger partial charge in [0.05, 0.1) is 22.5 Å². The van der Waals surface area contributed by atoms with Crippen molar-refractivity contribution in [3.63, 3.8) is 0 Å². The maximum absolute atomic E-state index is 10.2. The smallest absolute Gasteiger partial charge is 0.0996 e. The molecule has 0 aromatic carbocycles. The Bertz CT molecular complexity index is 344. The average molecular weight is 273 g/mol. The number of halogens is 1. The first kappa shape index (κ1) is 11.1. The molecule has 4 heteroatoms. The van der Waals surface area contributed by atoms with Crippen molar-refractivity contribution in [3.05, 3.63) is 16.4 Å². The maximum atomic E-state index is 10.2. The summed E-state index contributed by atoms with van der Waals surface area (Å²) in [6.45, 7) is 4.16. The van der Waals surface area contributed by atoms with E-state index in [-0.39, 0.29) is 6.10 Å². The Kier molecular flexibility index (Phi) is 3.16. The summed E-state index contributed by atoms with van der Waals surface area (Å²) in [5.41, 5.74) is 0.940. The van der Waals surface area contributed by atoms with Gasteiger partial charge in [-0.2, -0.15) is 5.10 Å². The van der Waals surface area contributed by atoms with Crippen LogP contribution < -0.4 is 0 Å². The van der Waals surface area contributed by atoms with Crippen LogP contribution in [0.4, 0.5) is 0 Å². The largest absolute Gasteiger partial charge is 0.386 e. The zero-order chi connectivity index (χ0) is 11.0. The molecule has 0 saturated heterocycles. The average Bonchev–Trinajstić information content (AvgIpc) is 2.43. The van der Waals surface area contributed by atoms with Gasteiger partial charge in [-0.3, -0.25) is 4.68 Å². The van der Waals surface area contributed by atoms with Gasteiger partial charge in [-0.25, -0.2) is 0 Å². The Hall–Kier alpha value is -0.350. The molecule has 0 radical (unpaired) electrons. The molecule has 2 rings (SSSR count). The van der Waals surface area contributed by atoms with Gasteiger partial charge in [0.15, 0.2) is 0 Å². The molecule has 3 nitrogen and oxygen atoms in total. The van der Waals surface area contributed by atoms with Gasteiger partial charge < -0.3 is 5.11 Å². The van der Waals surface area contributed by atoms with Crippen LogP contribution in [0.3, 0.4) is 0 Å². The lowest BCUT2D eigenvalue weighted by Gasteiger charge is -2.31. The highest BCUT2D eigenvalue weighted by molar-refractivity contribution is 9.10. The fourth-order valence-corrected chi connectivity index (χ4v) is 2.53. The second-order valence-corrected chi connectivity index (χ2v) is 5.41. The molecule has 1 saturated carbocycles. The van der Waals surface area contributed by atoms with Crippen molar-refractivity contribution in [2.24, 2.45) is 5.92 Å². The highest BCUT2D eigenvalue weighted by Gasteiger charge is 2.31. The molecule has 1 aliphatic carbocycles. The summed E-state index contributed by atoms with van der Waals surface area (Å²) in [7, 11) is 0. The van der Waals surface area contributed by atoms with E-state index >= 15 is 0 Å². The normalized spacial score (nSPS) is 19.3. The molecule has 1 unspecified atom stereocenters. The fraction of sp³-hybridized carbons (Fsp3) is 0.727. The van der Waals surface area contributed by atoms with E-state index in [0.29, 0.717) is 12.0 Å². The predicted octanol–water partition coefficient (Wildman–Crippen LogP) is 3.06. The summed E-state index contributed by atoms with van der Waals surface area (Å²) in [6, 6.07) is 0.293. The zero-order valence-corrected chi connectivity index (χ0v) is 10.7. The number of aliphatic hydroxyl groups is 1. The van der Waals surface area contributed by atoms with Gasteiger partial charge in [0, 0.05) is 6.04 Å². The monoisotopic (exact) mass is 272 g/mol. The van der Waals surface area contributed by atoms with Gasteiger partial charge in [0.2, 0.25) is 0 Å². The summed E-state index contributed by atoms with van der Waals surface area (Å²) >= 11 is 3.46. The Labute approximate surface area is 98.6 Å². The van der Waals surface area contributed by atoms with E-state index in [2.05, 4.69) is 34.9 Å². The number of hydrogen-bond donors (Lipinski definition) is 1. The first-order valence-corrected chi connectivity index (χ1v) is 6.31. The Balaban J connectivity index is 2.28. The van der Waals surface area contributed by atoms with Crippen LogP contribution >= 0.6 is 15.9 Å². The van der Waals surface area contributed by atoms with Crippen molar-refractivity contribution in [1.29, 1.82) is 0 Å². The van der Waals surface area contributed by atoms with Gasteiger partial charge in [-0.05, 0) is 48.5 Å². The minimum Gasteiger partial charge on any atom is -0.386 e. The molecule has 1 aliphatic rings. The van der Waals surface area contributed by atoms with E-state index in [0.717, 1.165) is 23.0 Å². The minimum atomic E-state index is -0.363. The van der Waals surface area contributed by atoms with Crippen molar-refractivity contribution in [1.82, 2.24) is 9.78 Å². The van der Waals surface area contributed by atoms with E-state index in [4.69, 9.17) is 0 Å². The molecule has 1 N–H and O–H groups in total. The molecule has 0 aliphatic heterocycles. The first-order valence-electron chi connectivity index (χ1n) is 5.52. The molecule has 1 aromatic rings. The van der Waals surface area contributed by atoms with Crippen molar-refractivity contribution in [3.8, 4) is 0 Å². The van der Waals surface area contributed by atoms with Crippen LogP contribution in [0.15, 0.2) is 10.7 Å². The standard InChI is InChI=1S/C11H17BrN2O/c1-7(2)14-10(9(12)6-13-14)11(15)8-4-3-5-8/h6-8,11,15H,3-5H2,1-2H3. The molecule has 84 valence electrons. The Morgan fingerprint density at radius 3 is 2.67 bits per heavy atom. The molecular formula is C11H17BrN2O. The van der Waals surface area contributed by atoms with Crippen LogP contribution in [0.25, 0.3) is 0 Å². The number of hydrogen-bond acceptors (Lipinski definition) is 2. The summed E-state index contributed by atoms with van der Waals surface area (Å²) in [5, 5.41) is 14.5. The third-order valence-corrected chi connectivity index (χ3v) is 3.76. The molecule has 0 amide bonds. The second-order valence-electron chi connectivity index (χ2n) is 4.55. The molecule has 1 heterocycles. The fourth-order valence-electron chi connectivity index (χ4n) is 2.02.